The quantitative estimate of drug-likeness (QED) is 0.346. The largest absolute Gasteiger partial charge is 0.497 e. The van der Waals surface area contributed by atoms with Crippen molar-refractivity contribution in [3.8, 4) is 11.4 Å². The molecule has 2 aromatic carbocycles. The molecule has 5 rings (SSSR count). The highest BCUT2D eigenvalue weighted by Gasteiger charge is 2.43. The van der Waals surface area contributed by atoms with Gasteiger partial charge < -0.3 is 19.9 Å². The van der Waals surface area contributed by atoms with Gasteiger partial charge in [0, 0.05) is 56.4 Å². The first-order valence-electron chi connectivity index (χ1n) is 13.2. The lowest BCUT2D eigenvalue weighted by Gasteiger charge is -2.28. The van der Waals surface area contributed by atoms with E-state index in [1.54, 1.807) is 62.9 Å². The van der Waals surface area contributed by atoms with E-state index in [1.165, 1.54) is 35.1 Å². The van der Waals surface area contributed by atoms with Crippen LogP contribution in [0.4, 0.5) is 18.9 Å². The zero-order chi connectivity index (χ0) is 30.9. The first-order chi connectivity index (χ1) is 20.5. The molecular formula is C30H27F3N6O4. The van der Waals surface area contributed by atoms with Gasteiger partial charge in [-0.3, -0.25) is 19.4 Å². The molecule has 1 N–H and O–H groups in total. The number of carbonyl (C=O) groups is 3. The molecule has 0 bridgehead atoms. The number of nitrogens with one attached hydrogen (secondary N) is 1. The number of aromatic nitrogens is 3. The Kier molecular flexibility index (Phi) is 7.89. The van der Waals surface area contributed by atoms with Gasteiger partial charge in [-0.15, -0.1) is 0 Å². The Morgan fingerprint density at radius 3 is 2.37 bits per heavy atom. The van der Waals surface area contributed by atoms with Gasteiger partial charge in [0.25, 0.3) is 17.7 Å². The van der Waals surface area contributed by atoms with Crippen LogP contribution in [0.2, 0.25) is 0 Å². The molecule has 10 nitrogen and oxygen atoms in total. The number of methoxy groups -OCH3 is 1. The third kappa shape index (κ3) is 5.78. The van der Waals surface area contributed by atoms with E-state index in [0.717, 1.165) is 10.2 Å². The van der Waals surface area contributed by atoms with Crippen LogP contribution in [0.5, 0.6) is 5.75 Å². The Labute approximate surface area is 244 Å². The number of halogens is 3. The molecule has 222 valence electrons. The van der Waals surface area contributed by atoms with E-state index in [1.807, 2.05) is 0 Å². The average Bonchev–Trinajstić information content (AvgIpc) is 3.41. The molecule has 0 saturated heterocycles. The van der Waals surface area contributed by atoms with Gasteiger partial charge >= 0.3 is 6.18 Å². The molecule has 1 aliphatic rings. The first-order valence-corrected chi connectivity index (χ1v) is 13.2. The predicted molar refractivity (Wildman–Crippen MR) is 150 cm³/mol. The van der Waals surface area contributed by atoms with Gasteiger partial charge in [0.2, 0.25) is 0 Å². The number of benzene rings is 2. The van der Waals surface area contributed by atoms with Crippen LogP contribution in [0.3, 0.4) is 0 Å². The lowest BCUT2D eigenvalue weighted by atomic mass is 10.0. The monoisotopic (exact) mass is 592 g/mol. The summed E-state index contributed by atoms with van der Waals surface area (Å²) < 4.78 is 48.7. The van der Waals surface area contributed by atoms with Crippen molar-refractivity contribution in [1.82, 2.24) is 25.0 Å². The average molecular weight is 593 g/mol. The summed E-state index contributed by atoms with van der Waals surface area (Å²) in [6.07, 6.45) is -1.84. The number of alkyl halides is 3. The number of fused-ring (bicyclic) bond motifs is 1. The summed E-state index contributed by atoms with van der Waals surface area (Å²) in [5, 5.41) is 6.60. The van der Waals surface area contributed by atoms with Crippen molar-refractivity contribution in [2.24, 2.45) is 0 Å². The van der Waals surface area contributed by atoms with E-state index in [0.29, 0.717) is 11.3 Å². The molecule has 1 aliphatic heterocycles. The summed E-state index contributed by atoms with van der Waals surface area (Å²) >= 11 is 0. The summed E-state index contributed by atoms with van der Waals surface area (Å²) in [6, 6.07) is 13.9. The van der Waals surface area contributed by atoms with Crippen molar-refractivity contribution in [3.05, 3.63) is 101 Å². The zero-order valence-corrected chi connectivity index (χ0v) is 23.5. The fourth-order valence-corrected chi connectivity index (χ4v) is 4.84. The SMILES string of the molecule is COc1ccc(-n2nc(C(F)(F)F)c3c2C(=O)N(c2ccc(C(=O)N(C)C)cc2)CC3)c(C(=O)NCc2ccncc2)c1. The number of rotatable bonds is 7. The topological polar surface area (TPSA) is 110 Å². The lowest BCUT2D eigenvalue weighted by molar-refractivity contribution is -0.141. The third-order valence-electron chi connectivity index (χ3n) is 7.00. The van der Waals surface area contributed by atoms with Crippen LogP contribution >= 0.6 is 0 Å². The molecule has 3 amide bonds. The Hall–Kier alpha value is -5.20. The molecule has 43 heavy (non-hydrogen) atoms. The molecule has 0 unspecified atom stereocenters. The summed E-state index contributed by atoms with van der Waals surface area (Å²) in [7, 11) is 4.61. The van der Waals surface area contributed by atoms with Gasteiger partial charge in [-0.05, 0) is 66.6 Å². The Morgan fingerprint density at radius 1 is 1.05 bits per heavy atom. The maximum absolute atomic E-state index is 14.2. The normalized spacial score (nSPS) is 13.0. The van der Waals surface area contributed by atoms with Crippen LogP contribution in [0.25, 0.3) is 5.69 Å². The van der Waals surface area contributed by atoms with Crippen molar-refractivity contribution < 1.29 is 32.3 Å². The fourth-order valence-electron chi connectivity index (χ4n) is 4.84. The first kappa shape index (κ1) is 29.3. The van der Waals surface area contributed by atoms with Crippen LogP contribution < -0.4 is 15.0 Å². The van der Waals surface area contributed by atoms with Crippen molar-refractivity contribution >= 4 is 23.4 Å². The van der Waals surface area contributed by atoms with Crippen molar-refractivity contribution in [2.45, 2.75) is 19.1 Å². The highest BCUT2D eigenvalue weighted by Crippen LogP contribution is 2.38. The highest BCUT2D eigenvalue weighted by molar-refractivity contribution is 6.08. The van der Waals surface area contributed by atoms with Gasteiger partial charge in [0.15, 0.2) is 5.69 Å². The number of ether oxygens (including phenoxy) is 1. The summed E-state index contributed by atoms with van der Waals surface area (Å²) in [5.74, 6) is -1.28. The molecule has 4 aromatic rings. The number of pyridine rings is 1. The minimum absolute atomic E-state index is 0.0260. The van der Waals surface area contributed by atoms with Gasteiger partial charge in [-0.2, -0.15) is 18.3 Å². The molecule has 0 spiro atoms. The third-order valence-corrected chi connectivity index (χ3v) is 7.00. The number of hydrogen-bond acceptors (Lipinski definition) is 6. The second-order valence-corrected chi connectivity index (χ2v) is 9.96. The van der Waals surface area contributed by atoms with E-state index in [9.17, 15) is 27.6 Å². The van der Waals surface area contributed by atoms with Crippen LogP contribution in [0, 0.1) is 0 Å². The van der Waals surface area contributed by atoms with E-state index in [-0.39, 0.29) is 53.7 Å². The second-order valence-electron chi connectivity index (χ2n) is 9.96. The van der Waals surface area contributed by atoms with Crippen LogP contribution in [-0.4, -0.2) is 65.1 Å². The number of anilines is 1. The number of carbonyl (C=O) groups excluding carboxylic acids is 3. The summed E-state index contributed by atoms with van der Waals surface area (Å²) in [6.45, 7) is 0.0888. The number of nitrogens with zero attached hydrogens (tertiary/aromatic N) is 5. The standard InChI is InChI=1S/C30H27F3N6O4/c1-37(2)28(41)19-4-6-20(7-5-19)38-15-12-22-25(29(38)42)39(36-26(22)30(31,32)33)24-9-8-21(43-3)16-23(24)27(40)35-17-18-10-13-34-14-11-18/h4-11,13-14,16H,12,15,17H2,1-3H3,(H,35,40). The van der Waals surface area contributed by atoms with E-state index in [2.05, 4.69) is 15.4 Å². The zero-order valence-electron chi connectivity index (χ0n) is 23.5. The maximum Gasteiger partial charge on any atom is 0.435 e. The van der Waals surface area contributed by atoms with Crippen molar-refractivity contribution in [2.75, 3.05) is 32.6 Å². The number of amides is 3. The molecule has 3 heterocycles. The summed E-state index contributed by atoms with van der Waals surface area (Å²) in [5.41, 5.74) is -0.270. The highest BCUT2D eigenvalue weighted by atomic mass is 19.4. The van der Waals surface area contributed by atoms with Crippen LogP contribution in [0.1, 0.15) is 48.0 Å². The van der Waals surface area contributed by atoms with Gasteiger partial charge in [0.1, 0.15) is 11.4 Å². The van der Waals surface area contributed by atoms with Gasteiger partial charge in [-0.25, -0.2) is 4.68 Å². The molecule has 13 heteroatoms. The van der Waals surface area contributed by atoms with Crippen LogP contribution in [0.15, 0.2) is 67.0 Å². The molecule has 0 saturated carbocycles. The summed E-state index contributed by atoms with van der Waals surface area (Å²) in [4.78, 5) is 46.2. The Morgan fingerprint density at radius 2 is 1.74 bits per heavy atom. The maximum atomic E-state index is 14.2. The minimum atomic E-state index is -4.85. The van der Waals surface area contributed by atoms with Crippen molar-refractivity contribution in [3.63, 3.8) is 0 Å². The Balaban J connectivity index is 1.57. The van der Waals surface area contributed by atoms with Gasteiger partial charge in [0.05, 0.1) is 18.4 Å². The Bertz CT molecular complexity index is 1680. The molecule has 0 aliphatic carbocycles. The smallest absolute Gasteiger partial charge is 0.435 e. The number of hydrogen-bond donors (Lipinski definition) is 1. The van der Waals surface area contributed by atoms with E-state index >= 15 is 0 Å². The predicted octanol–water partition coefficient (Wildman–Crippen LogP) is 4.13. The van der Waals surface area contributed by atoms with Crippen molar-refractivity contribution in [1.29, 1.82) is 0 Å². The minimum Gasteiger partial charge on any atom is -0.497 e. The molecule has 2 aromatic heterocycles. The van der Waals surface area contributed by atoms with E-state index in [4.69, 9.17) is 4.74 Å². The van der Waals surface area contributed by atoms with Gasteiger partial charge in [-0.1, -0.05) is 0 Å². The molecule has 0 radical (unpaired) electrons. The molecule has 0 atom stereocenters. The molecular weight excluding hydrogens is 565 g/mol. The second kappa shape index (κ2) is 11.6. The molecule has 0 fully saturated rings. The lowest BCUT2D eigenvalue weighted by Crippen LogP contribution is -2.39. The van der Waals surface area contributed by atoms with Crippen LogP contribution in [-0.2, 0) is 19.1 Å². The van der Waals surface area contributed by atoms with E-state index < -0.39 is 23.7 Å². The fraction of sp³-hybridized carbons (Fsp3) is 0.233.